The molecule has 1 aromatic rings. The van der Waals surface area contributed by atoms with E-state index in [9.17, 15) is 5.11 Å². The largest absolute Gasteiger partial charge is 0.392 e. The maximum atomic E-state index is 10.4. The van der Waals surface area contributed by atoms with Crippen molar-refractivity contribution in [3.63, 3.8) is 0 Å². The molecule has 0 unspecified atom stereocenters. The predicted molar refractivity (Wildman–Crippen MR) is 100 cm³/mol. The zero-order valence-electron chi connectivity index (χ0n) is 15.2. The van der Waals surface area contributed by atoms with Gasteiger partial charge in [0.2, 0.25) is 0 Å². The Morgan fingerprint density at radius 2 is 1.76 bits per heavy atom. The van der Waals surface area contributed by atoms with Crippen molar-refractivity contribution in [2.45, 2.75) is 63.6 Å². The van der Waals surface area contributed by atoms with Crippen LogP contribution in [-0.2, 0) is 6.54 Å². The standard InChI is InChI=1S/C21H31N3O/c22-14-17-6-8-18(9-7-17)16-24-12-10-20(11-13-24)23-15-21(25)19-4-2-1-3-5-19/h6-9,19-21,23,25H,1-5,10-13,15-16H2/t21-/m0/s1. The number of hydrogen-bond donors (Lipinski definition) is 2. The van der Waals surface area contributed by atoms with Crippen LogP contribution < -0.4 is 5.32 Å². The summed E-state index contributed by atoms with van der Waals surface area (Å²) in [5.74, 6) is 0.512. The summed E-state index contributed by atoms with van der Waals surface area (Å²) in [4.78, 5) is 2.48. The summed E-state index contributed by atoms with van der Waals surface area (Å²) >= 11 is 0. The second kappa shape index (κ2) is 9.33. The van der Waals surface area contributed by atoms with Crippen molar-refractivity contribution >= 4 is 0 Å². The fraction of sp³-hybridized carbons (Fsp3) is 0.667. The summed E-state index contributed by atoms with van der Waals surface area (Å²) in [6, 6.07) is 10.6. The highest BCUT2D eigenvalue weighted by Gasteiger charge is 2.24. The van der Waals surface area contributed by atoms with E-state index in [1.807, 2.05) is 12.1 Å². The summed E-state index contributed by atoms with van der Waals surface area (Å²) in [6.45, 7) is 3.91. The van der Waals surface area contributed by atoms with Crippen LogP contribution in [0.4, 0.5) is 0 Å². The minimum Gasteiger partial charge on any atom is -0.392 e. The fourth-order valence-corrected chi connectivity index (χ4v) is 4.21. The number of nitrogens with zero attached hydrogens (tertiary/aromatic N) is 2. The molecule has 136 valence electrons. The number of piperidine rings is 1. The molecular formula is C21H31N3O. The minimum atomic E-state index is -0.169. The van der Waals surface area contributed by atoms with Crippen LogP contribution in [0.5, 0.6) is 0 Å². The first-order chi connectivity index (χ1) is 12.2. The lowest BCUT2D eigenvalue weighted by atomic mass is 9.85. The molecule has 0 aromatic heterocycles. The van der Waals surface area contributed by atoms with Gasteiger partial charge in [-0.1, -0.05) is 31.4 Å². The number of hydrogen-bond acceptors (Lipinski definition) is 4. The molecule has 1 aromatic carbocycles. The van der Waals surface area contributed by atoms with Gasteiger partial charge in [0.15, 0.2) is 0 Å². The van der Waals surface area contributed by atoms with Crippen molar-refractivity contribution in [3.05, 3.63) is 35.4 Å². The normalized spacial score (nSPS) is 21.8. The molecule has 25 heavy (non-hydrogen) atoms. The third-order valence-electron chi connectivity index (χ3n) is 5.89. The van der Waals surface area contributed by atoms with Crippen LogP contribution in [0.15, 0.2) is 24.3 Å². The maximum absolute atomic E-state index is 10.4. The molecule has 0 radical (unpaired) electrons. The number of benzene rings is 1. The number of aliphatic hydroxyl groups excluding tert-OH is 1. The smallest absolute Gasteiger partial charge is 0.0991 e. The molecule has 4 heteroatoms. The summed E-state index contributed by atoms with van der Waals surface area (Å²) in [6.07, 6.45) is 8.44. The molecule has 0 amide bonds. The van der Waals surface area contributed by atoms with E-state index in [-0.39, 0.29) is 6.10 Å². The molecule has 2 aliphatic rings. The number of nitriles is 1. The molecule has 1 heterocycles. The van der Waals surface area contributed by atoms with Gasteiger partial charge >= 0.3 is 0 Å². The van der Waals surface area contributed by atoms with Gasteiger partial charge in [0.05, 0.1) is 17.7 Å². The van der Waals surface area contributed by atoms with E-state index in [4.69, 9.17) is 5.26 Å². The Balaban J connectivity index is 1.36. The molecule has 0 bridgehead atoms. The van der Waals surface area contributed by atoms with Gasteiger partial charge < -0.3 is 10.4 Å². The van der Waals surface area contributed by atoms with Crippen LogP contribution in [0.25, 0.3) is 0 Å². The minimum absolute atomic E-state index is 0.169. The van der Waals surface area contributed by atoms with Crippen LogP contribution in [0, 0.1) is 17.2 Å². The number of aliphatic hydroxyl groups is 1. The average molecular weight is 341 g/mol. The van der Waals surface area contributed by atoms with Gasteiger partial charge in [0.25, 0.3) is 0 Å². The van der Waals surface area contributed by atoms with Crippen LogP contribution in [-0.4, -0.2) is 41.8 Å². The fourth-order valence-electron chi connectivity index (χ4n) is 4.21. The van der Waals surface area contributed by atoms with Crippen molar-refractivity contribution in [3.8, 4) is 6.07 Å². The zero-order valence-corrected chi connectivity index (χ0v) is 15.2. The van der Waals surface area contributed by atoms with E-state index in [1.165, 1.54) is 37.7 Å². The van der Waals surface area contributed by atoms with Crippen molar-refractivity contribution in [2.24, 2.45) is 5.92 Å². The van der Waals surface area contributed by atoms with Gasteiger partial charge in [-0.2, -0.15) is 5.26 Å². The van der Waals surface area contributed by atoms with E-state index in [0.29, 0.717) is 12.0 Å². The molecule has 1 atom stereocenters. The van der Waals surface area contributed by atoms with Gasteiger partial charge in [-0.05, 0) is 62.4 Å². The molecular weight excluding hydrogens is 310 g/mol. The molecule has 1 saturated carbocycles. The lowest BCUT2D eigenvalue weighted by molar-refractivity contribution is 0.0771. The van der Waals surface area contributed by atoms with Crippen LogP contribution in [0.3, 0.4) is 0 Å². The first-order valence-corrected chi connectivity index (χ1v) is 9.87. The lowest BCUT2D eigenvalue weighted by Crippen LogP contribution is -2.45. The molecule has 1 aliphatic carbocycles. The summed E-state index contributed by atoms with van der Waals surface area (Å²) in [5.41, 5.74) is 2.00. The topological polar surface area (TPSA) is 59.3 Å². The second-order valence-corrected chi connectivity index (χ2v) is 7.73. The Bertz CT molecular complexity index is 551. The first-order valence-electron chi connectivity index (χ1n) is 9.87. The summed E-state index contributed by atoms with van der Waals surface area (Å²) < 4.78 is 0. The van der Waals surface area contributed by atoms with Crippen molar-refractivity contribution in [2.75, 3.05) is 19.6 Å². The molecule has 3 rings (SSSR count). The van der Waals surface area contributed by atoms with Gasteiger partial charge in [-0.25, -0.2) is 0 Å². The monoisotopic (exact) mass is 341 g/mol. The quantitative estimate of drug-likeness (QED) is 0.835. The van der Waals surface area contributed by atoms with Crippen LogP contribution in [0.1, 0.15) is 56.1 Å². The van der Waals surface area contributed by atoms with Crippen molar-refractivity contribution in [1.29, 1.82) is 5.26 Å². The summed E-state index contributed by atoms with van der Waals surface area (Å²) in [7, 11) is 0. The van der Waals surface area contributed by atoms with Crippen LogP contribution >= 0.6 is 0 Å². The number of nitrogens with one attached hydrogen (secondary N) is 1. The first kappa shape index (κ1) is 18.4. The van der Waals surface area contributed by atoms with Crippen LogP contribution in [0.2, 0.25) is 0 Å². The Morgan fingerprint density at radius 3 is 2.40 bits per heavy atom. The molecule has 2 fully saturated rings. The van der Waals surface area contributed by atoms with Crippen molar-refractivity contribution in [1.82, 2.24) is 10.2 Å². The second-order valence-electron chi connectivity index (χ2n) is 7.73. The Kier molecular flexibility index (Phi) is 6.86. The SMILES string of the molecule is N#Cc1ccc(CN2CCC(NC[C@H](O)C3CCCCC3)CC2)cc1. The lowest BCUT2D eigenvalue weighted by Gasteiger charge is -2.34. The Hall–Kier alpha value is -1.41. The van der Waals surface area contributed by atoms with E-state index in [2.05, 4.69) is 28.4 Å². The predicted octanol–water partition coefficient (Wildman–Crippen LogP) is 3.05. The van der Waals surface area contributed by atoms with Crippen molar-refractivity contribution < 1.29 is 5.11 Å². The molecule has 1 saturated heterocycles. The van der Waals surface area contributed by atoms with Gasteiger partial charge in [-0.3, -0.25) is 4.90 Å². The van der Waals surface area contributed by atoms with E-state index >= 15 is 0 Å². The third kappa shape index (κ3) is 5.54. The van der Waals surface area contributed by atoms with E-state index in [0.717, 1.165) is 44.6 Å². The third-order valence-corrected chi connectivity index (χ3v) is 5.89. The Morgan fingerprint density at radius 1 is 1.08 bits per heavy atom. The average Bonchev–Trinajstić information content (AvgIpc) is 2.68. The number of likely N-dealkylation sites (tertiary alicyclic amines) is 1. The molecule has 0 spiro atoms. The molecule has 4 nitrogen and oxygen atoms in total. The van der Waals surface area contributed by atoms with Gasteiger partial charge in [-0.15, -0.1) is 0 Å². The van der Waals surface area contributed by atoms with E-state index in [1.54, 1.807) is 0 Å². The van der Waals surface area contributed by atoms with E-state index < -0.39 is 0 Å². The summed E-state index contributed by atoms with van der Waals surface area (Å²) in [5, 5.41) is 22.9. The highest BCUT2D eigenvalue weighted by Crippen LogP contribution is 2.26. The number of rotatable bonds is 6. The zero-order chi connectivity index (χ0) is 17.5. The Labute approximate surface area is 151 Å². The molecule has 2 N–H and O–H groups in total. The highest BCUT2D eigenvalue weighted by molar-refractivity contribution is 5.31. The molecule has 1 aliphatic heterocycles. The van der Waals surface area contributed by atoms with Gasteiger partial charge in [0, 0.05) is 19.1 Å². The van der Waals surface area contributed by atoms with Gasteiger partial charge in [0.1, 0.15) is 0 Å². The highest BCUT2D eigenvalue weighted by atomic mass is 16.3. The maximum Gasteiger partial charge on any atom is 0.0991 e.